The van der Waals surface area contributed by atoms with Gasteiger partial charge in [-0.05, 0) is 77.9 Å². The number of ether oxygens (including phenoxy) is 1. The molecule has 12 heteroatoms. The van der Waals surface area contributed by atoms with Crippen molar-refractivity contribution in [1.29, 1.82) is 0 Å². The zero-order chi connectivity index (χ0) is 22.7. The molecule has 0 spiro atoms. The minimum Gasteiger partial charge on any atom is -0.439 e. The molecule has 0 aromatic carbocycles. The summed E-state index contributed by atoms with van der Waals surface area (Å²) < 4.78 is 30.5. The fraction of sp³-hybridized carbons (Fsp3) is 0.923. The monoisotopic (exact) mass is 640 g/mol. The summed E-state index contributed by atoms with van der Waals surface area (Å²) in [5.74, 6) is -1.16. The van der Waals surface area contributed by atoms with Gasteiger partial charge in [0, 0.05) is 0 Å². The fourth-order valence-corrected chi connectivity index (χ4v) is 24.1. The van der Waals surface area contributed by atoms with Crippen LogP contribution in [0.15, 0.2) is 0 Å². The molecular weight excluding hydrogens is 565 g/mol. The predicted octanol–water partition coefficient (Wildman–Crippen LogP) is 9.94. The van der Waals surface area contributed by atoms with Crippen molar-refractivity contribution in [2.45, 2.75) is 158 Å². The number of cyclic esters (lactones) is 2. The molecule has 1 aliphatic heterocycles. The highest BCUT2D eigenvalue weighted by Gasteiger charge is 2.44. The average molecular weight is 641 g/mol. The second kappa shape index (κ2) is 23.7. The summed E-state index contributed by atoms with van der Waals surface area (Å²) in [6.45, 7) is 21.3. The Morgan fingerprint density at radius 1 is 0.737 bits per heavy atom. The molecule has 1 saturated heterocycles. The second-order valence-corrected chi connectivity index (χ2v) is 29.0. The summed E-state index contributed by atoms with van der Waals surface area (Å²) in [6, 6.07) is 0.739. The summed E-state index contributed by atoms with van der Waals surface area (Å²) in [5, 5.41) is 0. The first-order valence-electron chi connectivity index (χ1n) is 10.4. The molecule has 38 heavy (non-hydrogen) atoms. The molecule has 0 bridgehead atoms. The van der Waals surface area contributed by atoms with Crippen molar-refractivity contribution in [3.05, 3.63) is 0 Å². The lowest BCUT2D eigenvalue weighted by molar-refractivity contribution is -0.153. The zero-order valence-corrected chi connectivity index (χ0v) is 25.0. The molecule has 0 saturated carbocycles. The van der Waals surface area contributed by atoms with E-state index in [4.69, 9.17) is 16.5 Å². The maximum absolute atomic E-state index is 11.7. The van der Waals surface area contributed by atoms with Gasteiger partial charge in [0.2, 0.25) is 0 Å². The summed E-state index contributed by atoms with van der Waals surface area (Å²) in [5.41, 5.74) is 0. The molecule has 0 radical (unpaired) electrons. The first-order valence-corrected chi connectivity index (χ1v) is 24.7. The van der Waals surface area contributed by atoms with Gasteiger partial charge in [0.15, 0.2) is 16.6 Å². The standard InChI is InChI=1S/C17H40O7Si5.9CH4/c1-25(21-26(2,3)4)22-29(10,24-28(8,9)23-27(5,6)7)13-11-12-15-14-16(18)20-17(15)19;;;;;;;;;/h15,25H,11-14H2,1-10H3;9*1H4. The molecule has 1 aliphatic rings. The number of hydrogen-bond acceptors (Lipinski definition) is 7. The molecule has 1 rings (SSSR count). The summed E-state index contributed by atoms with van der Waals surface area (Å²) in [4.78, 5) is 23.1. The van der Waals surface area contributed by atoms with Gasteiger partial charge in [-0.2, -0.15) is 0 Å². The van der Waals surface area contributed by atoms with Gasteiger partial charge in [0.1, 0.15) is 0 Å². The SMILES string of the molecule is C.C.C.C.C.C.C.C.C.C[SiH](O[Si](C)(C)C)O[Si](C)(CCCC1CC(=O)OC1=O)O[Si](C)(C)O[Si](C)(C)C. The van der Waals surface area contributed by atoms with Crippen molar-refractivity contribution >= 4 is 55.0 Å². The lowest BCUT2D eigenvalue weighted by atomic mass is 10.0. The highest BCUT2D eigenvalue weighted by Crippen LogP contribution is 2.29. The van der Waals surface area contributed by atoms with E-state index in [9.17, 15) is 9.59 Å². The van der Waals surface area contributed by atoms with Crippen molar-refractivity contribution in [3.63, 3.8) is 0 Å². The first kappa shape index (κ1) is 61.9. The third-order valence-corrected chi connectivity index (χ3v) is 20.9. The Bertz CT molecular complexity index is 594. The molecular formula is C26H76O7Si5. The van der Waals surface area contributed by atoms with Crippen LogP contribution in [0.1, 0.15) is 86.1 Å². The molecule has 0 aromatic rings. The summed E-state index contributed by atoms with van der Waals surface area (Å²) >= 11 is 0. The van der Waals surface area contributed by atoms with Gasteiger partial charge in [0.05, 0.1) is 12.3 Å². The number of esters is 2. The van der Waals surface area contributed by atoms with Crippen LogP contribution in [0, 0.1) is 5.92 Å². The molecule has 7 nitrogen and oxygen atoms in total. The Balaban J connectivity index is -0.000000133. The number of hydrogen-bond donors (Lipinski definition) is 0. The second-order valence-electron chi connectivity index (χ2n) is 10.4. The van der Waals surface area contributed by atoms with E-state index in [1.807, 2.05) is 0 Å². The molecule has 3 atom stereocenters. The molecule has 1 fully saturated rings. The van der Waals surface area contributed by atoms with Crippen LogP contribution >= 0.6 is 0 Å². The van der Waals surface area contributed by atoms with Gasteiger partial charge in [-0.25, -0.2) is 0 Å². The van der Waals surface area contributed by atoms with Gasteiger partial charge in [-0.3, -0.25) is 9.59 Å². The first-order chi connectivity index (χ1) is 12.9. The minimum atomic E-state index is -2.58. The van der Waals surface area contributed by atoms with E-state index in [2.05, 4.69) is 70.2 Å². The topological polar surface area (TPSA) is 80.3 Å². The van der Waals surface area contributed by atoms with E-state index < -0.39 is 55.0 Å². The molecule has 0 N–H and O–H groups in total. The van der Waals surface area contributed by atoms with Crippen molar-refractivity contribution in [2.24, 2.45) is 5.92 Å². The van der Waals surface area contributed by atoms with Crippen LogP contribution in [0.3, 0.4) is 0 Å². The molecule has 0 aliphatic carbocycles. The molecule has 242 valence electrons. The Kier molecular flexibility index (Phi) is 38.7. The Morgan fingerprint density at radius 2 is 1.18 bits per heavy atom. The van der Waals surface area contributed by atoms with Crippen LogP contribution in [0.2, 0.25) is 71.5 Å². The van der Waals surface area contributed by atoms with Crippen LogP contribution in [-0.4, -0.2) is 55.0 Å². The number of carbonyl (C=O) groups excluding carboxylic acids is 2. The third kappa shape index (κ3) is 26.3. The fourth-order valence-electron chi connectivity index (χ4n) is 3.70. The minimum absolute atomic E-state index is 0. The maximum Gasteiger partial charge on any atom is 0.317 e. The van der Waals surface area contributed by atoms with Crippen LogP contribution < -0.4 is 0 Å². The third-order valence-electron chi connectivity index (χ3n) is 4.09. The van der Waals surface area contributed by atoms with Gasteiger partial charge in [-0.15, -0.1) is 0 Å². The lowest BCUT2D eigenvalue weighted by Gasteiger charge is -2.40. The summed E-state index contributed by atoms with van der Waals surface area (Å²) in [7, 11) is -10.3. The largest absolute Gasteiger partial charge is 0.439 e. The predicted molar refractivity (Wildman–Crippen MR) is 187 cm³/mol. The van der Waals surface area contributed by atoms with Crippen molar-refractivity contribution < 1.29 is 30.8 Å². The molecule has 1 heterocycles. The van der Waals surface area contributed by atoms with Crippen LogP contribution in [0.5, 0.6) is 0 Å². The van der Waals surface area contributed by atoms with Gasteiger partial charge in [-0.1, -0.05) is 73.3 Å². The Hall–Kier alpha value is 0.0644. The normalized spacial score (nSPS) is 16.6. The van der Waals surface area contributed by atoms with E-state index in [1.54, 1.807) is 0 Å². The highest BCUT2D eigenvalue weighted by atomic mass is 28.5. The van der Waals surface area contributed by atoms with E-state index in [0.29, 0.717) is 6.42 Å². The number of rotatable bonds is 12. The van der Waals surface area contributed by atoms with E-state index >= 15 is 0 Å². The Morgan fingerprint density at radius 3 is 1.53 bits per heavy atom. The van der Waals surface area contributed by atoms with E-state index in [-0.39, 0.29) is 79.2 Å². The van der Waals surface area contributed by atoms with Gasteiger partial charge >= 0.3 is 29.1 Å². The molecule has 0 aromatic heterocycles. The summed E-state index contributed by atoms with van der Waals surface area (Å²) in [6.07, 6.45) is 1.55. The quantitative estimate of drug-likeness (QED) is 0.119. The van der Waals surface area contributed by atoms with Crippen LogP contribution in [-0.2, 0) is 30.8 Å². The Labute approximate surface area is 248 Å². The van der Waals surface area contributed by atoms with E-state index in [0.717, 1.165) is 12.5 Å². The van der Waals surface area contributed by atoms with Crippen LogP contribution in [0.25, 0.3) is 0 Å². The lowest BCUT2D eigenvalue weighted by Crippen LogP contribution is -2.56. The van der Waals surface area contributed by atoms with Gasteiger partial charge in [0.25, 0.3) is 9.28 Å². The highest BCUT2D eigenvalue weighted by molar-refractivity contribution is 6.88. The maximum atomic E-state index is 11.7. The van der Waals surface area contributed by atoms with E-state index in [1.165, 1.54) is 0 Å². The van der Waals surface area contributed by atoms with Gasteiger partial charge < -0.3 is 21.2 Å². The average Bonchev–Trinajstić information content (AvgIpc) is 2.70. The van der Waals surface area contributed by atoms with Crippen LogP contribution in [0.4, 0.5) is 0 Å². The molecule has 0 amide bonds. The van der Waals surface area contributed by atoms with Crippen molar-refractivity contribution in [2.75, 3.05) is 0 Å². The van der Waals surface area contributed by atoms with Crippen molar-refractivity contribution in [3.8, 4) is 0 Å². The van der Waals surface area contributed by atoms with Crippen molar-refractivity contribution in [1.82, 2.24) is 0 Å². The smallest absolute Gasteiger partial charge is 0.317 e. The number of carbonyl (C=O) groups is 2. The zero-order valence-electron chi connectivity index (χ0n) is 19.8. The molecule has 3 unspecified atom stereocenters.